The average Bonchev–Trinajstić information content (AvgIpc) is 3.56. The molecule has 3 aromatic carbocycles. The summed E-state index contributed by atoms with van der Waals surface area (Å²) < 4.78 is 5.40. The minimum absolute atomic E-state index is 0.190. The monoisotopic (exact) mass is 512 g/mol. The summed E-state index contributed by atoms with van der Waals surface area (Å²) in [5, 5.41) is 16.2. The van der Waals surface area contributed by atoms with Crippen molar-refractivity contribution in [2.75, 3.05) is 5.32 Å². The molecule has 2 heterocycles. The molecular formula is C28H24N4O2S2. The third-order valence-electron chi connectivity index (χ3n) is 5.81. The predicted octanol–water partition coefficient (Wildman–Crippen LogP) is 7.33. The van der Waals surface area contributed by atoms with Crippen LogP contribution in [0.25, 0.3) is 21.9 Å². The molecule has 0 bridgehead atoms. The highest BCUT2D eigenvalue weighted by molar-refractivity contribution is 7.98. The van der Waals surface area contributed by atoms with Crippen LogP contribution in [0.3, 0.4) is 0 Å². The van der Waals surface area contributed by atoms with Crippen molar-refractivity contribution in [1.82, 2.24) is 15.4 Å². The average molecular weight is 513 g/mol. The number of carbonyl (C=O) groups excluding carboxylic acids is 1. The molecule has 0 saturated heterocycles. The topological polar surface area (TPSA) is 80.9 Å². The van der Waals surface area contributed by atoms with Crippen molar-refractivity contribution < 1.29 is 9.32 Å². The van der Waals surface area contributed by atoms with E-state index in [-0.39, 0.29) is 11.6 Å². The number of aromatic nitrogens is 3. The van der Waals surface area contributed by atoms with Gasteiger partial charge in [0.05, 0.1) is 0 Å². The number of nitrogens with zero attached hydrogens (tertiary/aromatic N) is 3. The van der Waals surface area contributed by atoms with Gasteiger partial charge in [-0.3, -0.25) is 10.1 Å². The van der Waals surface area contributed by atoms with Gasteiger partial charge in [0.2, 0.25) is 5.13 Å². The summed E-state index contributed by atoms with van der Waals surface area (Å²) in [6.45, 7) is 6.18. The molecule has 0 aliphatic carbocycles. The van der Waals surface area contributed by atoms with E-state index in [0.29, 0.717) is 10.9 Å². The normalized spacial score (nSPS) is 11.0. The van der Waals surface area contributed by atoms with Crippen LogP contribution >= 0.6 is 23.1 Å². The number of benzene rings is 3. The second kappa shape index (κ2) is 10.5. The number of nitrogens with one attached hydrogen (secondary N) is 1. The standard InChI is InChI=1S/C28H24N4O2S2/c1-17-4-12-23(13-5-17)35-16-20-7-10-21(11-8-20)27-30-31-28(36-27)29-26(33)24-15-25(34-32-24)22-9-6-18(2)19(3)14-22/h4-15H,16H2,1-3H3,(H,29,31,33). The number of thioether (sulfide) groups is 1. The summed E-state index contributed by atoms with van der Waals surface area (Å²) in [6.07, 6.45) is 0. The fourth-order valence-electron chi connectivity index (χ4n) is 3.51. The van der Waals surface area contributed by atoms with Gasteiger partial charge in [-0.2, -0.15) is 0 Å². The van der Waals surface area contributed by atoms with Gasteiger partial charge in [0, 0.05) is 27.8 Å². The van der Waals surface area contributed by atoms with Gasteiger partial charge >= 0.3 is 0 Å². The number of rotatable bonds is 7. The van der Waals surface area contributed by atoms with Crippen molar-refractivity contribution in [3.63, 3.8) is 0 Å². The molecule has 0 aliphatic heterocycles. The quantitative estimate of drug-likeness (QED) is 0.230. The highest BCUT2D eigenvalue weighted by Gasteiger charge is 2.17. The van der Waals surface area contributed by atoms with Crippen molar-refractivity contribution in [2.24, 2.45) is 0 Å². The summed E-state index contributed by atoms with van der Waals surface area (Å²) in [5.74, 6) is 1.05. The van der Waals surface area contributed by atoms with E-state index in [1.165, 1.54) is 32.9 Å². The Hall–Kier alpha value is -3.75. The van der Waals surface area contributed by atoms with E-state index in [4.69, 9.17) is 4.52 Å². The minimum atomic E-state index is -0.389. The molecule has 5 rings (SSSR count). The van der Waals surface area contributed by atoms with Crippen LogP contribution in [0.1, 0.15) is 32.7 Å². The van der Waals surface area contributed by atoms with Gasteiger partial charge < -0.3 is 4.52 Å². The van der Waals surface area contributed by atoms with E-state index < -0.39 is 0 Å². The first-order valence-corrected chi connectivity index (χ1v) is 13.2. The van der Waals surface area contributed by atoms with E-state index in [9.17, 15) is 4.79 Å². The summed E-state index contributed by atoms with van der Waals surface area (Å²) in [7, 11) is 0. The second-order valence-electron chi connectivity index (χ2n) is 8.54. The van der Waals surface area contributed by atoms with Crippen LogP contribution in [-0.4, -0.2) is 21.3 Å². The lowest BCUT2D eigenvalue weighted by molar-refractivity contribution is 0.101. The smallest absolute Gasteiger partial charge is 0.279 e. The van der Waals surface area contributed by atoms with Crippen LogP contribution in [0, 0.1) is 20.8 Å². The van der Waals surface area contributed by atoms with Gasteiger partial charge in [-0.25, -0.2) is 0 Å². The van der Waals surface area contributed by atoms with Crippen molar-refractivity contribution in [1.29, 1.82) is 0 Å². The highest BCUT2D eigenvalue weighted by atomic mass is 32.2. The van der Waals surface area contributed by atoms with Gasteiger partial charge in [0.1, 0.15) is 5.01 Å². The molecule has 6 nitrogen and oxygen atoms in total. The second-order valence-corrected chi connectivity index (χ2v) is 10.6. The van der Waals surface area contributed by atoms with Crippen LogP contribution in [0.4, 0.5) is 5.13 Å². The first-order chi connectivity index (χ1) is 17.4. The van der Waals surface area contributed by atoms with Crippen LogP contribution in [-0.2, 0) is 5.75 Å². The molecule has 1 amide bonds. The first-order valence-electron chi connectivity index (χ1n) is 11.4. The molecule has 0 spiro atoms. The molecule has 0 radical (unpaired) electrons. The Morgan fingerprint density at radius 2 is 1.64 bits per heavy atom. The van der Waals surface area contributed by atoms with E-state index in [0.717, 1.165) is 27.5 Å². The fourth-order valence-corrected chi connectivity index (χ4v) is 5.11. The molecule has 0 atom stereocenters. The molecule has 0 aliphatic rings. The Kier molecular flexibility index (Phi) is 6.97. The van der Waals surface area contributed by atoms with Crippen LogP contribution < -0.4 is 5.32 Å². The van der Waals surface area contributed by atoms with Crippen LogP contribution in [0.5, 0.6) is 0 Å². The molecule has 0 fully saturated rings. The van der Waals surface area contributed by atoms with Crippen molar-refractivity contribution in [3.8, 4) is 21.9 Å². The Morgan fingerprint density at radius 3 is 2.39 bits per heavy atom. The summed E-state index contributed by atoms with van der Waals surface area (Å²) >= 11 is 3.12. The third-order valence-corrected chi connectivity index (χ3v) is 7.78. The van der Waals surface area contributed by atoms with Gasteiger partial charge in [0.15, 0.2) is 11.5 Å². The van der Waals surface area contributed by atoms with Gasteiger partial charge in [-0.05, 0) is 55.7 Å². The number of carbonyl (C=O) groups is 1. The zero-order chi connectivity index (χ0) is 25.1. The van der Waals surface area contributed by atoms with Gasteiger partial charge in [0.25, 0.3) is 5.91 Å². The number of amides is 1. The number of aryl methyl sites for hydroxylation is 3. The van der Waals surface area contributed by atoms with E-state index in [1.54, 1.807) is 6.07 Å². The fraction of sp³-hybridized carbons (Fsp3) is 0.143. The number of anilines is 1. The predicted molar refractivity (Wildman–Crippen MR) is 145 cm³/mol. The molecule has 0 unspecified atom stereocenters. The Morgan fingerprint density at radius 1 is 0.889 bits per heavy atom. The molecule has 5 aromatic rings. The number of hydrogen-bond donors (Lipinski definition) is 1. The lowest BCUT2D eigenvalue weighted by atomic mass is 10.0. The molecule has 180 valence electrons. The zero-order valence-electron chi connectivity index (χ0n) is 20.1. The molecular weight excluding hydrogens is 488 g/mol. The van der Waals surface area contributed by atoms with Crippen LogP contribution in [0.15, 0.2) is 82.2 Å². The molecule has 0 saturated carbocycles. The van der Waals surface area contributed by atoms with Crippen molar-refractivity contribution in [3.05, 3.63) is 101 Å². The van der Waals surface area contributed by atoms with Gasteiger partial charge in [-0.1, -0.05) is 70.6 Å². The van der Waals surface area contributed by atoms with E-state index in [2.05, 4.69) is 70.9 Å². The largest absolute Gasteiger partial charge is 0.355 e. The third kappa shape index (κ3) is 5.56. The Bertz CT molecular complexity index is 1510. The van der Waals surface area contributed by atoms with Crippen molar-refractivity contribution in [2.45, 2.75) is 31.4 Å². The molecule has 1 N–H and O–H groups in total. The maximum Gasteiger partial charge on any atom is 0.279 e. The maximum atomic E-state index is 12.7. The zero-order valence-corrected chi connectivity index (χ0v) is 21.7. The number of hydrogen-bond acceptors (Lipinski definition) is 7. The summed E-state index contributed by atoms with van der Waals surface area (Å²) in [4.78, 5) is 13.9. The summed E-state index contributed by atoms with van der Waals surface area (Å²) in [6, 6.07) is 24.4. The van der Waals surface area contributed by atoms with E-state index >= 15 is 0 Å². The molecule has 2 aromatic heterocycles. The van der Waals surface area contributed by atoms with Gasteiger partial charge in [-0.15, -0.1) is 22.0 Å². The maximum absolute atomic E-state index is 12.7. The molecule has 36 heavy (non-hydrogen) atoms. The lowest BCUT2D eigenvalue weighted by Crippen LogP contribution is -2.11. The van der Waals surface area contributed by atoms with Crippen LogP contribution in [0.2, 0.25) is 0 Å². The molecule has 8 heteroatoms. The van der Waals surface area contributed by atoms with Crippen molar-refractivity contribution >= 4 is 34.1 Å². The lowest BCUT2D eigenvalue weighted by Gasteiger charge is -2.03. The van der Waals surface area contributed by atoms with E-state index in [1.807, 2.05) is 49.0 Å². The Labute approximate surface area is 217 Å². The minimum Gasteiger partial charge on any atom is -0.355 e. The SMILES string of the molecule is Cc1ccc(SCc2ccc(-c3nnc(NC(=O)c4cc(-c5ccc(C)c(C)c5)on4)s3)cc2)cc1. The highest BCUT2D eigenvalue weighted by Crippen LogP contribution is 2.29. The summed E-state index contributed by atoms with van der Waals surface area (Å²) in [5.41, 5.74) is 6.86. The Balaban J connectivity index is 1.20. The first kappa shape index (κ1) is 24.0.